The molecule has 1 heterocycles. The van der Waals surface area contributed by atoms with Crippen molar-refractivity contribution >= 4 is 29.0 Å². The number of hydrogen-bond donors (Lipinski definition) is 2. The average molecular weight is 262 g/mol. The van der Waals surface area contributed by atoms with Crippen LogP contribution in [0.1, 0.15) is 32.1 Å². The summed E-state index contributed by atoms with van der Waals surface area (Å²) in [6.45, 7) is 0. The number of carbonyl (C=O) groups is 1. The first kappa shape index (κ1) is 11.9. The smallest absolute Gasteiger partial charge is 0.238 e. The van der Waals surface area contributed by atoms with Crippen LogP contribution in [-0.2, 0) is 4.79 Å². The molecule has 1 atom stereocenters. The Morgan fingerprint density at radius 2 is 2.00 bits per heavy atom. The molecule has 2 aliphatic rings. The van der Waals surface area contributed by atoms with Gasteiger partial charge < -0.3 is 11.1 Å². The molecule has 3 rings (SSSR count). The zero-order chi connectivity index (χ0) is 12.5. The van der Waals surface area contributed by atoms with E-state index in [4.69, 9.17) is 5.73 Å². The summed E-state index contributed by atoms with van der Waals surface area (Å²) in [6, 6.07) is 5.77. The van der Waals surface area contributed by atoms with Gasteiger partial charge in [-0.1, -0.05) is 19.3 Å². The highest BCUT2D eigenvalue weighted by molar-refractivity contribution is 8.01. The van der Waals surface area contributed by atoms with Crippen molar-refractivity contribution in [1.29, 1.82) is 0 Å². The minimum Gasteiger partial charge on any atom is -0.399 e. The second-order valence-electron chi connectivity index (χ2n) is 5.18. The molecule has 0 aromatic heterocycles. The molecule has 1 fully saturated rings. The number of anilines is 2. The first-order valence-electron chi connectivity index (χ1n) is 6.61. The topological polar surface area (TPSA) is 55.1 Å². The summed E-state index contributed by atoms with van der Waals surface area (Å²) < 4.78 is 0. The van der Waals surface area contributed by atoms with Crippen molar-refractivity contribution < 1.29 is 4.79 Å². The van der Waals surface area contributed by atoms with Gasteiger partial charge in [0.25, 0.3) is 0 Å². The fourth-order valence-corrected chi connectivity index (χ4v) is 4.18. The Balaban J connectivity index is 1.82. The van der Waals surface area contributed by atoms with Gasteiger partial charge in [0.1, 0.15) is 0 Å². The minimum absolute atomic E-state index is 0.0847. The lowest BCUT2D eigenvalue weighted by molar-refractivity contribution is -0.116. The van der Waals surface area contributed by atoms with E-state index in [0.29, 0.717) is 11.6 Å². The highest BCUT2D eigenvalue weighted by Gasteiger charge is 2.34. The van der Waals surface area contributed by atoms with E-state index in [-0.39, 0.29) is 11.2 Å². The zero-order valence-corrected chi connectivity index (χ0v) is 11.1. The molecule has 3 N–H and O–H groups in total. The fraction of sp³-hybridized carbons (Fsp3) is 0.500. The summed E-state index contributed by atoms with van der Waals surface area (Å²) in [5, 5.41) is 3.09. The second kappa shape index (κ2) is 4.84. The molecule has 0 spiro atoms. The highest BCUT2D eigenvalue weighted by Crippen LogP contribution is 2.42. The van der Waals surface area contributed by atoms with Crippen LogP contribution in [0.5, 0.6) is 0 Å². The maximum Gasteiger partial charge on any atom is 0.238 e. The van der Waals surface area contributed by atoms with Crippen LogP contribution in [0.2, 0.25) is 0 Å². The Morgan fingerprint density at radius 3 is 2.78 bits per heavy atom. The predicted octanol–water partition coefficient (Wildman–Crippen LogP) is 3.26. The van der Waals surface area contributed by atoms with E-state index >= 15 is 0 Å². The van der Waals surface area contributed by atoms with Gasteiger partial charge >= 0.3 is 0 Å². The Labute approximate surface area is 112 Å². The first-order valence-corrected chi connectivity index (χ1v) is 7.49. The lowest BCUT2D eigenvalue weighted by Crippen LogP contribution is -2.35. The quantitative estimate of drug-likeness (QED) is 0.764. The van der Waals surface area contributed by atoms with Crippen LogP contribution in [0.3, 0.4) is 0 Å². The molecule has 1 unspecified atom stereocenters. The monoisotopic (exact) mass is 262 g/mol. The second-order valence-corrected chi connectivity index (χ2v) is 6.36. The van der Waals surface area contributed by atoms with Gasteiger partial charge in [0.2, 0.25) is 5.91 Å². The Bertz CT molecular complexity index is 469. The Hall–Kier alpha value is -1.16. The number of hydrogen-bond acceptors (Lipinski definition) is 3. The van der Waals surface area contributed by atoms with Crippen molar-refractivity contribution in [3.05, 3.63) is 18.2 Å². The van der Waals surface area contributed by atoms with E-state index in [0.717, 1.165) is 10.6 Å². The maximum absolute atomic E-state index is 12.2. The third-order valence-electron chi connectivity index (χ3n) is 3.85. The van der Waals surface area contributed by atoms with Gasteiger partial charge in [0.05, 0.1) is 10.9 Å². The summed E-state index contributed by atoms with van der Waals surface area (Å²) in [6.07, 6.45) is 6.24. The number of nitrogens with two attached hydrogens (primary N) is 1. The molecular formula is C14H18N2OS. The third-order valence-corrected chi connectivity index (χ3v) is 5.31. The van der Waals surface area contributed by atoms with Crippen molar-refractivity contribution in [3.8, 4) is 0 Å². The summed E-state index contributed by atoms with van der Waals surface area (Å²) in [4.78, 5) is 13.3. The molecule has 1 aromatic rings. The van der Waals surface area contributed by atoms with Crippen molar-refractivity contribution in [1.82, 2.24) is 0 Å². The SMILES string of the molecule is Nc1ccc2c(c1)NC(=O)C(C1CCCCC1)S2. The van der Waals surface area contributed by atoms with E-state index in [1.807, 2.05) is 18.2 Å². The van der Waals surface area contributed by atoms with E-state index in [1.54, 1.807) is 11.8 Å². The fourth-order valence-electron chi connectivity index (χ4n) is 2.89. The number of rotatable bonds is 1. The van der Waals surface area contributed by atoms with Crippen LogP contribution >= 0.6 is 11.8 Å². The number of carbonyl (C=O) groups excluding carboxylic acids is 1. The van der Waals surface area contributed by atoms with Gasteiger partial charge in [-0.05, 0) is 37.0 Å². The summed E-state index contributed by atoms with van der Waals surface area (Å²) in [7, 11) is 0. The zero-order valence-electron chi connectivity index (χ0n) is 10.3. The molecular weight excluding hydrogens is 244 g/mol. The van der Waals surface area contributed by atoms with E-state index in [2.05, 4.69) is 5.32 Å². The normalized spacial score (nSPS) is 24.4. The molecule has 1 aliphatic heterocycles. The molecule has 3 nitrogen and oxygen atoms in total. The lowest BCUT2D eigenvalue weighted by atomic mass is 9.86. The van der Waals surface area contributed by atoms with Gasteiger partial charge in [0, 0.05) is 10.6 Å². The Morgan fingerprint density at radius 1 is 1.22 bits per heavy atom. The van der Waals surface area contributed by atoms with Crippen molar-refractivity contribution in [2.75, 3.05) is 11.1 Å². The predicted molar refractivity (Wildman–Crippen MR) is 75.7 cm³/mol. The van der Waals surface area contributed by atoms with Crippen LogP contribution in [0.25, 0.3) is 0 Å². The molecule has 1 aliphatic carbocycles. The molecule has 4 heteroatoms. The highest BCUT2D eigenvalue weighted by atomic mass is 32.2. The van der Waals surface area contributed by atoms with Gasteiger partial charge in [-0.3, -0.25) is 4.79 Å². The molecule has 0 bridgehead atoms. The van der Waals surface area contributed by atoms with Crippen LogP contribution < -0.4 is 11.1 Å². The van der Waals surface area contributed by atoms with Crippen molar-refractivity contribution in [2.24, 2.45) is 5.92 Å². The molecule has 0 radical (unpaired) electrons. The Kier molecular flexibility index (Phi) is 3.20. The van der Waals surface area contributed by atoms with Gasteiger partial charge in [-0.15, -0.1) is 11.8 Å². The summed E-state index contributed by atoms with van der Waals surface area (Å²) in [5.74, 6) is 0.694. The molecule has 18 heavy (non-hydrogen) atoms. The third kappa shape index (κ3) is 2.21. The number of nitrogen functional groups attached to an aromatic ring is 1. The minimum atomic E-state index is 0.0847. The standard InChI is InChI=1S/C14H18N2OS/c15-10-6-7-12-11(8-10)16-14(17)13(18-12)9-4-2-1-3-5-9/h6-9,13H,1-5,15H2,(H,16,17). The molecule has 1 saturated carbocycles. The number of benzene rings is 1. The van der Waals surface area contributed by atoms with Gasteiger partial charge in [-0.2, -0.15) is 0 Å². The number of fused-ring (bicyclic) bond motifs is 1. The van der Waals surface area contributed by atoms with Gasteiger partial charge in [0.15, 0.2) is 0 Å². The van der Waals surface area contributed by atoms with E-state index < -0.39 is 0 Å². The summed E-state index contributed by atoms with van der Waals surface area (Å²) in [5.41, 5.74) is 7.32. The van der Waals surface area contributed by atoms with E-state index in [1.165, 1.54) is 32.1 Å². The van der Waals surface area contributed by atoms with E-state index in [9.17, 15) is 4.79 Å². The first-order chi connectivity index (χ1) is 8.74. The number of amides is 1. The van der Waals surface area contributed by atoms with Crippen LogP contribution in [0.4, 0.5) is 11.4 Å². The average Bonchev–Trinajstić information content (AvgIpc) is 2.39. The van der Waals surface area contributed by atoms with Crippen molar-refractivity contribution in [2.45, 2.75) is 42.2 Å². The van der Waals surface area contributed by atoms with Crippen molar-refractivity contribution in [3.63, 3.8) is 0 Å². The maximum atomic E-state index is 12.2. The lowest BCUT2D eigenvalue weighted by Gasteiger charge is -2.32. The van der Waals surface area contributed by atoms with Crippen LogP contribution in [-0.4, -0.2) is 11.2 Å². The summed E-state index contributed by atoms with van der Waals surface area (Å²) >= 11 is 1.71. The number of nitrogens with one attached hydrogen (secondary N) is 1. The van der Waals surface area contributed by atoms with Crippen LogP contribution in [0.15, 0.2) is 23.1 Å². The molecule has 96 valence electrons. The van der Waals surface area contributed by atoms with Gasteiger partial charge in [-0.25, -0.2) is 0 Å². The molecule has 1 amide bonds. The largest absolute Gasteiger partial charge is 0.399 e. The van der Waals surface area contributed by atoms with Crippen LogP contribution in [0, 0.1) is 5.92 Å². The molecule has 0 saturated heterocycles. The molecule has 1 aromatic carbocycles. The number of thioether (sulfide) groups is 1.